The van der Waals surface area contributed by atoms with Gasteiger partial charge in [-0.25, -0.2) is 4.39 Å². The van der Waals surface area contributed by atoms with Crippen LogP contribution in [0.25, 0.3) is 0 Å². The Kier molecular flexibility index (Phi) is 3.53. The third kappa shape index (κ3) is 2.45. The summed E-state index contributed by atoms with van der Waals surface area (Å²) in [7, 11) is 0. The van der Waals surface area contributed by atoms with E-state index in [4.69, 9.17) is 9.47 Å². The predicted molar refractivity (Wildman–Crippen MR) is 78.7 cm³/mol. The van der Waals surface area contributed by atoms with E-state index in [0.717, 1.165) is 27.1 Å². The molecule has 104 valence electrons. The highest BCUT2D eigenvalue weighted by molar-refractivity contribution is 9.10. The van der Waals surface area contributed by atoms with Gasteiger partial charge in [0.15, 0.2) is 11.5 Å². The quantitative estimate of drug-likeness (QED) is 0.908. The number of rotatable bonds is 3. The molecule has 20 heavy (non-hydrogen) atoms. The molecular formula is C15H13BrFNO2. The fourth-order valence-electron chi connectivity index (χ4n) is 2.13. The maximum atomic E-state index is 13.8. The summed E-state index contributed by atoms with van der Waals surface area (Å²) in [5.74, 6) is 1.19. The second-order valence-corrected chi connectivity index (χ2v) is 5.44. The Morgan fingerprint density at radius 3 is 2.75 bits per heavy atom. The molecule has 2 aromatic rings. The molecular weight excluding hydrogens is 325 g/mol. The predicted octanol–water partition coefficient (Wildman–Crippen LogP) is 4.24. The molecule has 0 unspecified atom stereocenters. The number of hydrogen-bond donors (Lipinski definition) is 1. The Bertz CT molecular complexity index is 640. The van der Waals surface area contributed by atoms with Crippen LogP contribution in [0, 0.1) is 12.7 Å². The summed E-state index contributed by atoms with van der Waals surface area (Å²) in [6.45, 7) is 2.62. The molecule has 0 saturated carbocycles. The van der Waals surface area contributed by atoms with Crippen LogP contribution in [0.15, 0.2) is 34.8 Å². The standard InChI is InChI=1S/C15H13BrFNO2/c1-9-3-2-4-12(17)15(9)18-7-10-5-13-14(6-11(10)16)20-8-19-13/h2-6,18H,7-8H2,1H3. The van der Waals surface area contributed by atoms with E-state index in [1.165, 1.54) is 6.07 Å². The number of nitrogens with one attached hydrogen (secondary N) is 1. The van der Waals surface area contributed by atoms with Crippen LogP contribution in [-0.2, 0) is 6.54 Å². The van der Waals surface area contributed by atoms with Crippen molar-refractivity contribution in [1.82, 2.24) is 0 Å². The summed E-state index contributed by atoms with van der Waals surface area (Å²) >= 11 is 3.49. The molecule has 0 fully saturated rings. The maximum Gasteiger partial charge on any atom is 0.231 e. The molecule has 0 saturated heterocycles. The molecule has 0 radical (unpaired) electrons. The van der Waals surface area contributed by atoms with Crippen LogP contribution >= 0.6 is 15.9 Å². The van der Waals surface area contributed by atoms with Crippen molar-refractivity contribution in [2.75, 3.05) is 12.1 Å². The van der Waals surface area contributed by atoms with E-state index in [1.54, 1.807) is 6.07 Å². The lowest BCUT2D eigenvalue weighted by molar-refractivity contribution is 0.174. The van der Waals surface area contributed by atoms with Crippen molar-refractivity contribution in [1.29, 1.82) is 0 Å². The number of para-hydroxylation sites is 1. The Hall–Kier alpha value is -1.75. The number of hydrogen-bond acceptors (Lipinski definition) is 3. The van der Waals surface area contributed by atoms with Crippen molar-refractivity contribution in [3.8, 4) is 11.5 Å². The summed E-state index contributed by atoms with van der Waals surface area (Å²) in [4.78, 5) is 0. The van der Waals surface area contributed by atoms with Crippen LogP contribution in [-0.4, -0.2) is 6.79 Å². The lowest BCUT2D eigenvalue weighted by Crippen LogP contribution is -2.04. The van der Waals surface area contributed by atoms with E-state index >= 15 is 0 Å². The molecule has 0 aromatic heterocycles. The van der Waals surface area contributed by atoms with E-state index < -0.39 is 0 Å². The molecule has 0 bridgehead atoms. The van der Waals surface area contributed by atoms with Gasteiger partial charge in [0.2, 0.25) is 6.79 Å². The first-order chi connectivity index (χ1) is 9.65. The average molecular weight is 338 g/mol. The third-order valence-electron chi connectivity index (χ3n) is 3.22. The lowest BCUT2D eigenvalue weighted by Gasteiger charge is -2.12. The summed E-state index contributed by atoms with van der Waals surface area (Å²) in [5, 5.41) is 3.13. The first kappa shape index (κ1) is 13.2. The number of ether oxygens (including phenoxy) is 2. The molecule has 3 rings (SSSR count). The van der Waals surface area contributed by atoms with Crippen LogP contribution in [0.5, 0.6) is 11.5 Å². The van der Waals surface area contributed by atoms with Gasteiger partial charge in [0.1, 0.15) is 5.82 Å². The normalized spacial score (nSPS) is 12.6. The molecule has 1 N–H and O–H groups in total. The van der Waals surface area contributed by atoms with Crippen LogP contribution in [0.1, 0.15) is 11.1 Å². The Morgan fingerprint density at radius 1 is 1.25 bits per heavy atom. The number of halogens is 2. The first-order valence-corrected chi connectivity index (χ1v) is 7.01. The monoisotopic (exact) mass is 337 g/mol. The van der Waals surface area contributed by atoms with Gasteiger partial charge in [-0.05, 0) is 36.2 Å². The van der Waals surface area contributed by atoms with E-state index in [0.29, 0.717) is 12.2 Å². The average Bonchev–Trinajstić information content (AvgIpc) is 2.85. The summed E-state index contributed by atoms with van der Waals surface area (Å²) < 4.78 is 25.3. The number of anilines is 1. The molecule has 0 spiro atoms. The van der Waals surface area contributed by atoms with E-state index in [1.807, 2.05) is 25.1 Å². The molecule has 1 aliphatic heterocycles. The molecule has 3 nitrogen and oxygen atoms in total. The number of benzene rings is 2. The van der Waals surface area contributed by atoms with E-state index in [2.05, 4.69) is 21.2 Å². The SMILES string of the molecule is Cc1cccc(F)c1NCc1cc2c(cc1Br)OCO2. The van der Waals surface area contributed by atoms with Gasteiger partial charge in [0.25, 0.3) is 0 Å². The number of aryl methyl sites for hydroxylation is 1. The van der Waals surface area contributed by atoms with Crippen LogP contribution in [0.3, 0.4) is 0 Å². The van der Waals surface area contributed by atoms with Crippen molar-refractivity contribution in [3.63, 3.8) is 0 Å². The van der Waals surface area contributed by atoms with Gasteiger partial charge < -0.3 is 14.8 Å². The summed E-state index contributed by atoms with van der Waals surface area (Å²) in [6, 6.07) is 8.79. The molecule has 5 heteroatoms. The Labute approximate surface area is 124 Å². The van der Waals surface area contributed by atoms with Crippen molar-refractivity contribution in [3.05, 3.63) is 51.7 Å². The van der Waals surface area contributed by atoms with Crippen molar-refractivity contribution in [2.45, 2.75) is 13.5 Å². The fraction of sp³-hybridized carbons (Fsp3) is 0.200. The molecule has 2 aromatic carbocycles. The molecule has 1 heterocycles. The lowest BCUT2D eigenvalue weighted by atomic mass is 10.1. The van der Waals surface area contributed by atoms with Gasteiger partial charge in [-0.3, -0.25) is 0 Å². The van der Waals surface area contributed by atoms with Gasteiger partial charge >= 0.3 is 0 Å². The minimum atomic E-state index is -0.248. The largest absolute Gasteiger partial charge is 0.454 e. The zero-order chi connectivity index (χ0) is 14.1. The van der Waals surface area contributed by atoms with Gasteiger partial charge in [-0.2, -0.15) is 0 Å². The zero-order valence-corrected chi connectivity index (χ0v) is 12.5. The van der Waals surface area contributed by atoms with Crippen LogP contribution in [0.2, 0.25) is 0 Å². The number of fused-ring (bicyclic) bond motifs is 1. The van der Waals surface area contributed by atoms with Gasteiger partial charge in [0, 0.05) is 11.0 Å². The highest BCUT2D eigenvalue weighted by atomic mass is 79.9. The third-order valence-corrected chi connectivity index (χ3v) is 3.96. The van der Waals surface area contributed by atoms with Gasteiger partial charge in [-0.15, -0.1) is 0 Å². The van der Waals surface area contributed by atoms with Crippen LogP contribution < -0.4 is 14.8 Å². The second kappa shape index (κ2) is 5.32. The minimum Gasteiger partial charge on any atom is -0.454 e. The molecule has 0 aliphatic carbocycles. The minimum absolute atomic E-state index is 0.241. The molecule has 0 amide bonds. The fourth-order valence-corrected chi connectivity index (χ4v) is 2.60. The highest BCUT2D eigenvalue weighted by Gasteiger charge is 2.16. The van der Waals surface area contributed by atoms with Crippen LogP contribution in [0.4, 0.5) is 10.1 Å². The molecule has 1 aliphatic rings. The summed E-state index contributed by atoms with van der Waals surface area (Å²) in [6.07, 6.45) is 0. The zero-order valence-electron chi connectivity index (χ0n) is 10.9. The van der Waals surface area contributed by atoms with Gasteiger partial charge in [-0.1, -0.05) is 28.1 Å². The van der Waals surface area contributed by atoms with E-state index in [9.17, 15) is 4.39 Å². The maximum absolute atomic E-state index is 13.8. The highest BCUT2D eigenvalue weighted by Crippen LogP contribution is 2.37. The molecule has 0 atom stereocenters. The Morgan fingerprint density at radius 2 is 2.00 bits per heavy atom. The van der Waals surface area contributed by atoms with Crippen molar-refractivity contribution in [2.24, 2.45) is 0 Å². The second-order valence-electron chi connectivity index (χ2n) is 4.58. The van der Waals surface area contributed by atoms with Gasteiger partial charge in [0.05, 0.1) is 5.69 Å². The Balaban J connectivity index is 1.82. The van der Waals surface area contributed by atoms with Crippen molar-refractivity contribution < 1.29 is 13.9 Å². The first-order valence-electron chi connectivity index (χ1n) is 6.22. The summed E-state index contributed by atoms with van der Waals surface area (Å²) in [5.41, 5.74) is 2.39. The van der Waals surface area contributed by atoms with Crippen molar-refractivity contribution >= 4 is 21.6 Å². The van der Waals surface area contributed by atoms with E-state index in [-0.39, 0.29) is 12.6 Å². The topological polar surface area (TPSA) is 30.5 Å². The smallest absolute Gasteiger partial charge is 0.231 e.